The topological polar surface area (TPSA) is 90.7 Å². The molecule has 0 aromatic carbocycles. The maximum Gasteiger partial charge on any atom is 0.348 e. The molecule has 1 aromatic rings. The van der Waals surface area contributed by atoms with Crippen LogP contribution in [0.1, 0.15) is 45.1 Å². The summed E-state index contributed by atoms with van der Waals surface area (Å²) < 4.78 is 15.8. The summed E-state index contributed by atoms with van der Waals surface area (Å²) in [5.74, 6) is -0.491. The fourth-order valence-electron chi connectivity index (χ4n) is 2.25. The number of carbonyl (C=O) groups is 2. The third kappa shape index (κ3) is 3.65. The zero-order valence-corrected chi connectivity index (χ0v) is 13.4. The van der Waals surface area contributed by atoms with Crippen LogP contribution >= 0.6 is 0 Å². The minimum Gasteiger partial charge on any atom is -0.457 e. The molecule has 1 amide bonds. The van der Waals surface area contributed by atoms with E-state index in [-0.39, 0.29) is 6.54 Å². The Labute approximate surface area is 129 Å². The molecule has 2 rings (SSSR count). The van der Waals surface area contributed by atoms with Gasteiger partial charge in [-0.05, 0) is 40.5 Å². The van der Waals surface area contributed by atoms with Gasteiger partial charge in [0, 0.05) is 12.7 Å². The molecule has 1 atom stereocenters. The number of carbonyl (C=O) groups excluding carboxylic acids is 2. The fourth-order valence-corrected chi connectivity index (χ4v) is 2.25. The molecule has 122 valence electrons. The van der Waals surface area contributed by atoms with E-state index in [1.54, 1.807) is 33.8 Å². The van der Waals surface area contributed by atoms with E-state index in [4.69, 9.17) is 14.0 Å². The Morgan fingerprint density at radius 2 is 2.18 bits per heavy atom. The average Bonchev–Trinajstić information content (AvgIpc) is 3.03. The van der Waals surface area contributed by atoms with Crippen LogP contribution in [0.25, 0.3) is 0 Å². The smallest absolute Gasteiger partial charge is 0.348 e. The number of nitrogens with one attached hydrogen (secondary N) is 1. The second-order valence-electron chi connectivity index (χ2n) is 6.39. The summed E-state index contributed by atoms with van der Waals surface area (Å²) in [5.41, 5.74) is -1.66. The number of aromatic nitrogens is 1. The van der Waals surface area contributed by atoms with Crippen molar-refractivity contribution < 1.29 is 23.6 Å². The Balaban J connectivity index is 2.06. The number of rotatable bonds is 4. The highest BCUT2D eigenvalue weighted by Crippen LogP contribution is 2.29. The summed E-state index contributed by atoms with van der Waals surface area (Å²) in [5, 5.41) is 6.47. The van der Waals surface area contributed by atoms with E-state index in [1.807, 2.05) is 0 Å². The molecule has 0 bridgehead atoms. The second kappa shape index (κ2) is 6.08. The van der Waals surface area contributed by atoms with E-state index >= 15 is 0 Å². The first-order chi connectivity index (χ1) is 10.2. The Kier molecular flexibility index (Phi) is 4.55. The first kappa shape index (κ1) is 16.5. The highest BCUT2D eigenvalue weighted by atomic mass is 16.6. The van der Waals surface area contributed by atoms with E-state index in [0.717, 1.165) is 0 Å². The van der Waals surface area contributed by atoms with Gasteiger partial charge in [0.25, 0.3) is 5.91 Å². The molecule has 1 aliphatic rings. The number of ether oxygens (including phenoxy) is 2. The molecule has 22 heavy (non-hydrogen) atoms. The molecular formula is C15H22N2O5. The van der Waals surface area contributed by atoms with Crippen molar-refractivity contribution in [2.24, 2.45) is 0 Å². The van der Waals surface area contributed by atoms with Crippen molar-refractivity contribution in [1.29, 1.82) is 0 Å². The van der Waals surface area contributed by atoms with Crippen LogP contribution in [0, 0.1) is 6.92 Å². The van der Waals surface area contributed by atoms with Gasteiger partial charge in [-0.3, -0.25) is 4.79 Å². The quantitative estimate of drug-likeness (QED) is 0.669. The van der Waals surface area contributed by atoms with Crippen LogP contribution < -0.4 is 5.32 Å². The average molecular weight is 310 g/mol. The van der Waals surface area contributed by atoms with Gasteiger partial charge in [0.15, 0.2) is 0 Å². The molecule has 1 aromatic heterocycles. The standard InChI is InChI=1S/C15H22N2O5/c1-10-8-11(17-22-10)9-16-12(18)15(6-5-7-20-15)13(19)21-14(2,3)4/h8H,5-7,9H2,1-4H3,(H,16,18). The van der Waals surface area contributed by atoms with Crippen molar-refractivity contribution in [2.75, 3.05) is 6.61 Å². The number of aryl methyl sites for hydroxylation is 1. The predicted molar refractivity (Wildman–Crippen MR) is 76.8 cm³/mol. The van der Waals surface area contributed by atoms with Crippen molar-refractivity contribution >= 4 is 11.9 Å². The molecule has 7 nitrogen and oxygen atoms in total. The molecular weight excluding hydrogens is 288 g/mol. The Bertz CT molecular complexity index is 553. The Hall–Kier alpha value is -1.89. The lowest BCUT2D eigenvalue weighted by Gasteiger charge is -2.29. The maximum absolute atomic E-state index is 12.5. The van der Waals surface area contributed by atoms with Crippen molar-refractivity contribution in [3.05, 3.63) is 17.5 Å². The molecule has 7 heteroatoms. The zero-order chi connectivity index (χ0) is 16.4. The highest BCUT2D eigenvalue weighted by molar-refractivity contribution is 6.06. The third-order valence-electron chi connectivity index (χ3n) is 3.22. The summed E-state index contributed by atoms with van der Waals surface area (Å²) in [6, 6.07) is 1.72. The predicted octanol–water partition coefficient (Wildman–Crippen LogP) is 1.49. The summed E-state index contributed by atoms with van der Waals surface area (Å²) in [4.78, 5) is 24.9. The molecule has 1 N–H and O–H groups in total. The largest absolute Gasteiger partial charge is 0.457 e. The van der Waals surface area contributed by atoms with Crippen molar-refractivity contribution in [3.8, 4) is 0 Å². The van der Waals surface area contributed by atoms with Crippen LogP contribution in [-0.4, -0.2) is 34.8 Å². The molecule has 0 saturated carbocycles. The summed E-state index contributed by atoms with van der Waals surface area (Å²) in [6.07, 6.45) is 0.946. The normalized spacial score (nSPS) is 21.6. The summed E-state index contributed by atoms with van der Waals surface area (Å²) in [6.45, 7) is 7.55. The van der Waals surface area contributed by atoms with Gasteiger partial charge in [0.2, 0.25) is 5.60 Å². The lowest BCUT2D eigenvalue weighted by Crippen LogP contribution is -2.54. The van der Waals surface area contributed by atoms with Crippen molar-refractivity contribution in [3.63, 3.8) is 0 Å². The fraction of sp³-hybridized carbons (Fsp3) is 0.667. The van der Waals surface area contributed by atoms with Crippen LogP contribution in [0.4, 0.5) is 0 Å². The van der Waals surface area contributed by atoms with Gasteiger partial charge >= 0.3 is 5.97 Å². The van der Waals surface area contributed by atoms with Gasteiger partial charge < -0.3 is 19.3 Å². The maximum atomic E-state index is 12.5. The van der Waals surface area contributed by atoms with Gasteiger partial charge in [0.05, 0.1) is 6.54 Å². The molecule has 1 fully saturated rings. The highest BCUT2D eigenvalue weighted by Gasteiger charge is 2.52. The number of hydrogen-bond acceptors (Lipinski definition) is 6. The van der Waals surface area contributed by atoms with Crippen molar-refractivity contribution in [2.45, 2.75) is 58.3 Å². The first-order valence-corrected chi connectivity index (χ1v) is 7.31. The first-order valence-electron chi connectivity index (χ1n) is 7.31. The lowest BCUT2D eigenvalue weighted by molar-refractivity contribution is -0.182. The number of nitrogens with zero attached hydrogens (tertiary/aromatic N) is 1. The molecule has 1 unspecified atom stereocenters. The van der Waals surface area contributed by atoms with E-state index in [0.29, 0.717) is 30.9 Å². The number of esters is 1. The van der Waals surface area contributed by atoms with Gasteiger partial charge in [-0.15, -0.1) is 0 Å². The van der Waals surface area contributed by atoms with Crippen LogP contribution in [0.3, 0.4) is 0 Å². The summed E-state index contributed by atoms with van der Waals surface area (Å²) >= 11 is 0. The van der Waals surface area contributed by atoms with Crippen molar-refractivity contribution in [1.82, 2.24) is 10.5 Å². The minimum atomic E-state index is -1.56. The van der Waals surface area contributed by atoms with E-state index in [2.05, 4.69) is 10.5 Å². The number of amides is 1. The van der Waals surface area contributed by atoms with E-state index < -0.39 is 23.1 Å². The lowest BCUT2D eigenvalue weighted by atomic mass is 9.98. The second-order valence-corrected chi connectivity index (χ2v) is 6.39. The summed E-state index contributed by atoms with van der Waals surface area (Å²) in [7, 11) is 0. The molecule has 0 spiro atoms. The van der Waals surface area contributed by atoms with Gasteiger partial charge in [-0.25, -0.2) is 4.79 Å². The van der Waals surface area contributed by atoms with Crippen LogP contribution in [-0.2, 0) is 25.6 Å². The zero-order valence-electron chi connectivity index (χ0n) is 13.4. The van der Waals surface area contributed by atoms with Gasteiger partial charge in [0.1, 0.15) is 17.1 Å². The molecule has 1 saturated heterocycles. The Morgan fingerprint density at radius 1 is 1.45 bits per heavy atom. The molecule has 0 radical (unpaired) electrons. The molecule has 2 heterocycles. The van der Waals surface area contributed by atoms with E-state index in [1.165, 1.54) is 0 Å². The minimum absolute atomic E-state index is 0.171. The SMILES string of the molecule is Cc1cc(CNC(=O)C2(C(=O)OC(C)(C)C)CCCO2)no1. The van der Waals surface area contributed by atoms with Crippen LogP contribution in [0.15, 0.2) is 10.6 Å². The third-order valence-corrected chi connectivity index (χ3v) is 3.22. The molecule has 1 aliphatic heterocycles. The number of hydrogen-bond donors (Lipinski definition) is 1. The van der Waals surface area contributed by atoms with Gasteiger partial charge in [-0.2, -0.15) is 0 Å². The molecule has 0 aliphatic carbocycles. The monoisotopic (exact) mass is 310 g/mol. The van der Waals surface area contributed by atoms with Crippen LogP contribution in [0.5, 0.6) is 0 Å². The Morgan fingerprint density at radius 3 is 2.68 bits per heavy atom. The van der Waals surface area contributed by atoms with Crippen LogP contribution in [0.2, 0.25) is 0 Å². The van der Waals surface area contributed by atoms with E-state index in [9.17, 15) is 9.59 Å². The van der Waals surface area contributed by atoms with Gasteiger partial charge in [-0.1, -0.05) is 5.16 Å².